The summed E-state index contributed by atoms with van der Waals surface area (Å²) >= 11 is 0. The van der Waals surface area contributed by atoms with Crippen LogP contribution in [-0.2, 0) is 23.1 Å². The largest absolute Gasteiger partial charge is 0.481 e. The summed E-state index contributed by atoms with van der Waals surface area (Å²) in [6.45, 7) is 3.47. The molecule has 1 saturated heterocycles. The van der Waals surface area contributed by atoms with Gasteiger partial charge in [-0.05, 0) is 55.2 Å². The van der Waals surface area contributed by atoms with Gasteiger partial charge in [-0.2, -0.15) is 0 Å². The second-order valence-electron chi connectivity index (χ2n) is 10.6. The second-order valence-corrected chi connectivity index (χ2v) is 10.6. The SMILES string of the molecule is CCCCN(C(=O)CN1C[C@H](c2ccc3c(c2)OCO3)C(C(=O)O)[C@@H]1CCc1ccccn1)c1ccc[n+](C)c1. The average molecular weight is 546 g/mol. The Kier molecular flexibility index (Phi) is 8.60. The number of nitrogens with zero attached hydrogens (tertiary/aromatic N) is 4. The molecule has 1 fully saturated rings. The maximum Gasteiger partial charge on any atom is 0.308 e. The molecule has 9 heteroatoms. The number of benzene rings is 1. The van der Waals surface area contributed by atoms with Gasteiger partial charge in [0.2, 0.25) is 12.7 Å². The van der Waals surface area contributed by atoms with Gasteiger partial charge >= 0.3 is 5.97 Å². The van der Waals surface area contributed by atoms with Gasteiger partial charge in [-0.15, -0.1) is 0 Å². The van der Waals surface area contributed by atoms with Crippen molar-refractivity contribution in [2.75, 3.05) is 31.3 Å². The predicted octanol–water partition coefficient (Wildman–Crippen LogP) is 3.57. The summed E-state index contributed by atoms with van der Waals surface area (Å²) in [6, 6.07) is 15.0. The Morgan fingerprint density at radius 2 is 2.00 bits per heavy atom. The van der Waals surface area contributed by atoms with Crippen LogP contribution in [0.5, 0.6) is 11.5 Å². The first-order chi connectivity index (χ1) is 19.4. The number of carbonyl (C=O) groups excluding carboxylic acids is 1. The molecule has 2 aliphatic heterocycles. The van der Waals surface area contributed by atoms with Gasteiger partial charge in [0.15, 0.2) is 23.9 Å². The zero-order valence-electron chi connectivity index (χ0n) is 23.1. The molecule has 0 bridgehead atoms. The number of likely N-dealkylation sites (tertiary alicyclic amines) is 1. The van der Waals surface area contributed by atoms with E-state index in [9.17, 15) is 14.7 Å². The minimum Gasteiger partial charge on any atom is -0.481 e. The molecule has 1 N–H and O–H groups in total. The number of ether oxygens (including phenoxy) is 2. The highest BCUT2D eigenvalue weighted by atomic mass is 16.7. The first-order valence-electron chi connectivity index (χ1n) is 14.0. The van der Waals surface area contributed by atoms with Gasteiger partial charge in [0.1, 0.15) is 12.7 Å². The van der Waals surface area contributed by atoms with E-state index in [0.29, 0.717) is 37.4 Å². The number of aromatic nitrogens is 2. The van der Waals surface area contributed by atoms with Crippen LogP contribution in [0.15, 0.2) is 67.1 Å². The molecule has 1 amide bonds. The fourth-order valence-corrected chi connectivity index (χ4v) is 5.88. The van der Waals surface area contributed by atoms with E-state index >= 15 is 0 Å². The van der Waals surface area contributed by atoms with Crippen molar-refractivity contribution < 1.29 is 28.7 Å². The van der Waals surface area contributed by atoms with Crippen LogP contribution in [0, 0.1) is 5.92 Å². The molecule has 2 aliphatic rings. The van der Waals surface area contributed by atoms with E-state index in [2.05, 4.69) is 16.8 Å². The van der Waals surface area contributed by atoms with E-state index in [0.717, 1.165) is 29.8 Å². The topological polar surface area (TPSA) is 96.1 Å². The highest BCUT2D eigenvalue weighted by Crippen LogP contribution is 2.43. The van der Waals surface area contributed by atoms with Crippen LogP contribution in [0.3, 0.4) is 0 Å². The number of carboxylic acid groups (broad SMARTS) is 1. The van der Waals surface area contributed by atoms with E-state index in [1.165, 1.54) is 0 Å². The van der Waals surface area contributed by atoms with Crippen LogP contribution in [0.25, 0.3) is 0 Å². The lowest BCUT2D eigenvalue weighted by molar-refractivity contribution is -0.670. The maximum atomic E-state index is 13.9. The average Bonchev–Trinajstić information content (AvgIpc) is 3.57. The molecule has 1 aromatic carbocycles. The Morgan fingerprint density at radius 1 is 1.15 bits per heavy atom. The first-order valence-corrected chi connectivity index (χ1v) is 14.0. The molecule has 2 aromatic heterocycles. The summed E-state index contributed by atoms with van der Waals surface area (Å²) < 4.78 is 13.0. The normalized spacial score (nSPS) is 20.0. The summed E-state index contributed by atoms with van der Waals surface area (Å²) in [4.78, 5) is 35.1. The summed E-state index contributed by atoms with van der Waals surface area (Å²) in [6.07, 6.45) is 8.69. The molecule has 9 nitrogen and oxygen atoms in total. The van der Waals surface area contributed by atoms with Crippen molar-refractivity contribution >= 4 is 17.6 Å². The Morgan fingerprint density at radius 3 is 2.75 bits per heavy atom. The molecule has 3 atom stereocenters. The van der Waals surface area contributed by atoms with Crippen molar-refractivity contribution in [2.24, 2.45) is 13.0 Å². The van der Waals surface area contributed by atoms with Gasteiger partial charge in [-0.1, -0.05) is 25.5 Å². The highest BCUT2D eigenvalue weighted by molar-refractivity contribution is 5.94. The van der Waals surface area contributed by atoms with Crippen molar-refractivity contribution in [3.05, 3.63) is 78.4 Å². The zero-order chi connectivity index (χ0) is 28.1. The number of carbonyl (C=O) groups is 2. The predicted molar refractivity (Wildman–Crippen MR) is 149 cm³/mol. The number of rotatable bonds is 11. The summed E-state index contributed by atoms with van der Waals surface area (Å²) in [7, 11) is 1.94. The Hall–Kier alpha value is -3.98. The number of aliphatic carboxylic acids is 1. The van der Waals surface area contributed by atoms with Crippen LogP contribution in [-0.4, -0.2) is 59.3 Å². The lowest BCUT2D eigenvalue weighted by atomic mass is 9.83. The second kappa shape index (κ2) is 12.5. The fraction of sp³-hybridized carbons (Fsp3) is 0.419. The maximum absolute atomic E-state index is 13.9. The summed E-state index contributed by atoms with van der Waals surface area (Å²) in [5, 5.41) is 10.5. The van der Waals surface area contributed by atoms with Crippen molar-refractivity contribution in [2.45, 2.75) is 44.6 Å². The third kappa shape index (κ3) is 6.09. The molecule has 210 valence electrons. The van der Waals surface area contributed by atoms with Gasteiger partial charge in [0, 0.05) is 43.0 Å². The molecule has 5 rings (SSSR count). The molecule has 3 aromatic rings. The zero-order valence-corrected chi connectivity index (χ0v) is 23.1. The van der Waals surface area contributed by atoms with Crippen LogP contribution >= 0.6 is 0 Å². The van der Waals surface area contributed by atoms with E-state index < -0.39 is 11.9 Å². The van der Waals surface area contributed by atoms with Crippen LogP contribution < -0.4 is 18.9 Å². The third-order valence-electron chi connectivity index (χ3n) is 7.89. The molecule has 0 aliphatic carbocycles. The van der Waals surface area contributed by atoms with E-state index in [4.69, 9.17) is 9.47 Å². The van der Waals surface area contributed by atoms with Crippen molar-refractivity contribution in [1.29, 1.82) is 0 Å². The molecule has 1 unspecified atom stereocenters. The van der Waals surface area contributed by atoms with Crippen molar-refractivity contribution in [3.8, 4) is 11.5 Å². The number of amides is 1. The lowest BCUT2D eigenvalue weighted by Gasteiger charge is -2.29. The molecule has 40 heavy (non-hydrogen) atoms. The highest BCUT2D eigenvalue weighted by Gasteiger charge is 2.47. The van der Waals surface area contributed by atoms with Crippen LogP contribution in [0.4, 0.5) is 5.69 Å². The summed E-state index contributed by atoms with van der Waals surface area (Å²) in [5.74, 6) is -0.582. The molecular formula is C31H37N4O5+. The molecule has 0 spiro atoms. The number of hydrogen-bond donors (Lipinski definition) is 1. The Labute approximate surface area is 235 Å². The van der Waals surface area contributed by atoms with Crippen LogP contribution in [0.2, 0.25) is 0 Å². The van der Waals surface area contributed by atoms with Gasteiger partial charge in [-0.25, -0.2) is 4.57 Å². The number of fused-ring (bicyclic) bond motifs is 1. The molecule has 0 saturated carbocycles. The quantitative estimate of drug-likeness (QED) is 0.368. The monoisotopic (exact) mass is 545 g/mol. The molecule has 0 radical (unpaired) electrons. The fourth-order valence-electron chi connectivity index (χ4n) is 5.88. The lowest BCUT2D eigenvalue weighted by Crippen LogP contribution is -2.45. The number of pyridine rings is 2. The van der Waals surface area contributed by atoms with Gasteiger partial charge in [0.25, 0.3) is 0 Å². The number of anilines is 1. The van der Waals surface area contributed by atoms with E-state index in [1.54, 1.807) is 6.20 Å². The summed E-state index contributed by atoms with van der Waals surface area (Å²) in [5.41, 5.74) is 2.63. The van der Waals surface area contributed by atoms with E-state index in [1.807, 2.05) is 77.4 Å². The number of carboxylic acids is 1. The minimum absolute atomic E-state index is 0.0297. The smallest absolute Gasteiger partial charge is 0.308 e. The third-order valence-corrected chi connectivity index (χ3v) is 7.89. The van der Waals surface area contributed by atoms with E-state index in [-0.39, 0.29) is 31.2 Å². The van der Waals surface area contributed by atoms with Gasteiger partial charge in [-0.3, -0.25) is 19.5 Å². The number of aryl methyl sites for hydroxylation is 2. The minimum atomic E-state index is -0.860. The Bertz CT molecular complexity index is 1330. The number of hydrogen-bond acceptors (Lipinski definition) is 6. The van der Waals surface area contributed by atoms with Crippen LogP contribution in [0.1, 0.15) is 43.4 Å². The van der Waals surface area contributed by atoms with Gasteiger partial charge < -0.3 is 19.5 Å². The first kappa shape index (κ1) is 27.6. The number of unbranched alkanes of at least 4 members (excludes halogenated alkanes) is 1. The Balaban J connectivity index is 1.44. The van der Waals surface area contributed by atoms with Crippen molar-refractivity contribution in [1.82, 2.24) is 9.88 Å². The molecule has 4 heterocycles. The van der Waals surface area contributed by atoms with Crippen molar-refractivity contribution in [3.63, 3.8) is 0 Å². The van der Waals surface area contributed by atoms with Gasteiger partial charge in [0.05, 0.1) is 12.5 Å². The molecular weight excluding hydrogens is 508 g/mol. The standard InChI is InChI=1S/C31H36N4O5/c1-3-4-16-35(24-9-7-15-33(2)18-24)29(36)20-34-19-25(22-10-13-27-28(17-22)40-21-39-27)30(31(37)38)26(34)12-11-23-8-5-6-14-32-23/h5-10,13-15,17-18,25-26,30H,3-4,11-12,16,19-21H2,1-2H3/p+1/t25-,26+,30?/m1/s1.